The molecular weight excluding hydrogens is 527 g/mol. The Morgan fingerprint density at radius 3 is 2.17 bits per heavy atom. The third kappa shape index (κ3) is 5.38. The molecular formula is C32H32F3N5O. The van der Waals surface area contributed by atoms with Crippen LogP contribution in [0.3, 0.4) is 0 Å². The van der Waals surface area contributed by atoms with Gasteiger partial charge in [0.05, 0.1) is 5.52 Å². The highest BCUT2D eigenvalue weighted by atomic mass is 19.4. The predicted molar refractivity (Wildman–Crippen MR) is 154 cm³/mol. The number of anilines is 1. The molecule has 9 heteroatoms. The summed E-state index contributed by atoms with van der Waals surface area (Å²) in [5.41, 5.74) is 3.18. The summed E-state index contributed by atoms with van der Waals surface area (Å²) >= 11 is 0. The first-order chi connectivity index (χ1) is 19.8. The van der Waals surface area contributed by atoms with Crippen molar-refractivity contribution in [2.75, 3.05) is 44.2 Å². The zero-order valence-electron chi connectivity index (χ0n) is 22.7. The number of piperazine rings is 1. The Morgan fingerprint density at radius 1 is 0.854 bits per heavy atom. The van der Waals surface area contributed by atoms with Gasteiger partial charge in [0.2, 0.25) is 11.9 Å². The van der Waals surface area contributed by atoms with Gasteiger partial charge in [-0.2, -0.15) is 13.2 Å². The van der Waals surface area contributed by atoms with Gasteiger partial charge < -0.3 is 10.2 Å². The lowest BCUT2D eigenvalue weighted by atomic mass is 9.73. The predicted octanol–water partition coefficient (Wildman–Crippen LogP) is 5.57. The summed E-state index contributed by atoms with van der Waals surface area (Å²) in [6, 6.07) is 23.1. The number of hydrogen-bond acceptors (Lipinski definition) is 5. The number of nitrogens with one attached hydrogen (secondary N) is 1. The van der Waals surface area contributed by atoms with Crippen LogP contribution in [0.15, 0.2) is 79.0 Å². The van der Waals surface area contributed by atoms with Crippen LogP contribution in [-0.4, -0.2) is 66.2 Å². The van der Waals surface area contributed by atoms with Gasteiger partial charge in [-0.25, -0.2) is 9.97 Å². The molecule has 1 aromatic heterocycles. The fraction of sp³-hybridized carbons (Fsp3) is 0.344. The molecule has 2 aliphatic rings. The van der Waals surface area contributed by atoms with Crippen LogP contribution in [0.5, 0.6) is 0 Å². The Kier molecular flexibility index (Phi) is 7.38. The number of amides is 1. The SMILES string of the molecule is O=C(NCC(F)(F)F)C1(CCCCN2CCN(c3ncc4ccccc4n3)CC2)c2ccccc2-c2ccccc21. The standard InChI is InChI=1S/C32H32F3N5O/c33-32(34,35)22-37-29(41)31(26-12-4-2-10-24(26)25-11-3-5-13-27(25)31)15-7-8-16-39-17-19-40(20-18-39)30-36-21-23-9-1-6-14-28(23)38-30/h1-6,9-14,21H,7-8,15-20,22H2,(H,37,41). The van der Waals surface area contributed by atoms with Gasteiger partial charge in [0, 0.05) is 37.8 Å². The summed E-state index contributed by atoms with van der Waals surface area (Å²) in [5.74, 6) is 0.157. The van der Waals surface area contributed by atoms with E-state index in [4.69, 9.17) is 4.98 Å². The minimum absolute atomic E-state index is 0.440. The molecule has 1 amide bonds. The summed E-state index contributed by atoms with van der Waals surface area (Å²) in [6.07, 6.45) is -0.630. The van der Waals surface area contributed by atoms with Crippen LogP contribution >= 0.6 is 0 Å². The zero-order valence-corrected chi connectivity index (χ0v) is 22.7. The zero-order chi connectivity index (χ0) is 28.5. The molecule has 1 saturated heterocycles. The van der Waals surface area contributed by atoms with Gasteiger partial charge in [-0.3, -0.25) is 9.69 Å². The van der Waals surface area contributed by atoms with Crippen molar-refractivity contribution in [3.8, 4) is 11.1 Å². The van der Waals surface area contributed by atoms with Crippen LogP contribution < -0.4 is 10.2 Å². The minimum atomic E-state index is -4.48. The summed E-state index contributed by atoms with van der Waals surface area (Å²) < 4.78 is 39.3. The molecule has 0 spiro atoms. The van der Waals surface area contributed by atoms with Gasteiger partial charge in [-0.1, -0.05) is 73.2 Å². The maximum absolute atomic E-state index is 13.6. The van der Waals surface area contributed by atoms with E-state index in [0.717, 1.165) is 78.2 Å². The molecule has 4 aromatic rings. The van der Waals surface area contributed by atoms with Crippen LogP contribution in [0.2, 0.25) is 0 Å². The number of halogens is 3. The number of hydrogen-bond donors (Lipinski definition) is 1. The van der Waals surface area contributed by atoms with Crippen molar-refractivity contribution >= 4 is 22.8 Å². The molecule has 1 aliphatic heterocycles. The first-order valence-electron chi connectivity index (χ1n) is 14.1. The van der Waals surface area contributed by atoms with E-state index in [1.807, 2.05) is 79.0 Å². The quantitative estimate of drug-likeness (QED) is 0.286. The van der Waals surface area contributed by atoms with Gasteiger partial charge >= 0.3 is 6.18 Å². The molecule has 6 nitrogen and oxygen atoms in total. The van der Waals surface area contributed by atoms with Crippen LogP contribution in [0, 0.1) is 0 Å². The highest BCUT2D eigenvalue weighted by molar-refractivity contribution is 6.00. The number of benzene rings is 3. The van der Waals surface area contributed by atoms with Gasteiger partial charge in [-0.15, -0.1) is 0 Å². The summed E-state index contributed by atoms with van der Waals surface area (Å²) in [6.45, 7) is 2.91. The number of rotatable bonds is 8. The van der Waals surface area contributed by atoms with Crippen molar-refractivity contribution in [3.05, 3.63) is 90.1 Å². The second-order valence-corrected chi connectivity index (χ2v) is 10.8. The number of unbranched alkanes of at least 4 members (excludes halogenated alkanes) is 1. The highest BCUT2D eigenvalue weighted by Gasteiger charge is 2.49. The van der Waals surface area contributed by atoms with E-state index < -0.39 is 24.0 Å². The lowest BCUT2D eigenvalue weighted by Gasteiger charge is -2.35. The van der Waals surface area contributed by atoms with Gasteiger partial charge in [0.1, 0.15) is 12.0 Å². The average molecular weight is 560 g/mol. The molecule has 3 aromatic carbocycles. The Labute approximate surface area is 237 Å². The molecule has 0 radical (unpaired) electrons. The lowest BCUT2D eigenvalue weighted by Crippen LogP contribution is -2.48. The smallest absolute Gasteiger partial charge is 0.346 e. The molecule has 212 valence electrons. The number of fused-ring (bicyclic) bond motifs is 4. The second kappa shape index (κ2) is 11.1. The number of aromatic nitrogens is 2. The topological polar surface area (TPSA) is 61.4 Å². The van der Waals surface area contributed by atoms with Crippen LogP contribution in [0.25, 0.3) is 22.0 Å². The Morgan fingerprint density at radius 2 is 1.49 bits per heavy atom. The Balaban J connectivity index is 1.12. The van der Waals surface area contributed by atoms with E-state index in [2.05, 4.69) is 20.1 Å². The average Bonchev–Trinajstić information content (AvgIpc) is 3.28. The number of carbonyl (C=O) groups is 1. The van der Waals surface area contributed by atoms with E-state index in [0.29, 0.717) is 12.8 Å². The van der Waals surface area contributed by atoms with Gasteiger partial charge in [0.25, 0.3) is 0 Å². The maximum Gasteiger partial charge on any atom is 0.405 e. The van der Waals surface area contributed by atoms with E-state index >= 15 is 0 Å². The molecule has 1 fully saturated rings. The van der Waals surface area contributed by atoms with Crippen molar-refractivity contribution in [3.63, 3.8) is 0 Å². The minimum Gasteiger partial charge on any atom is -0.346 e. The highest BCUT2D eigenvalue weighted by Crippen LogP contribution is 2.51. The van der Waals surface area contributed by atoms with E-state index in [1.165, 1.54) is 0 Å². The van der Waals surface area contributed by atoms with E-state index in [9.17, 15) is 18.0 Å². The van der Waals surface area contributed by atoms with E-state index in [1.54, 1.807) is 0 Å². The number of alkyl halides is 3. The van der Waals surface area contributed by atoms with Gasteiger partial charge in [-0.05, 0) is 47.7 Å². The number of para-hydroxylation sites is 1. The molecule has 2 heterocycles. The third-order valence-corrected chi connectivity index (χ3v) is 8.31. The molecule has 1 N–H and O–H groups in total. The normalized spacial score (nSPS) is 16.4. The first kappa shape index (κ1) is 27.2. The molecule has 0 saturated carbocycles. The lowest BCUT2D eigenvalue weighted by molar-refractivity contribution is -0.141. The Bertz CT molecular complexity index is 1500. The molecule has 0 bridgehead atoms. The Hall–Kier alpha value is -3.98. The summed E-state index contributed by atoms with van der Waals surface area (Å²) in [4.78, 5) is 27.5. The van der Waals surface area contributed by atoms with Crippen LogP contribution in [-0.2, 0) is 10.2 Å². The molecule has 41 heavy (non-hydrogen) atoms. The van der Waals surface area contributed by atoms with Crippen molar-refractivity contribution in [2.24, 2.45) is 0 Å². The van der Waals surface area contributed by atoms with Gasteiger partial charge in [0.15, 0.2) is 0 Å². The van der Waals surface area contributed by atoms with Crippen LogP contribution in [0.4, 0.5) is 19.1 Å². The summed E-state index contributed by atoms with van der Waals surface area (Å²) in [7, 11) is 0. The molecule has 1 aliphatic carbocycles. The third-order valence-electron chi connectivity index (χ3n) is 8.31. The second-order valence-electron chi connectivity index (χ2n) is 10.8. The maximum atomic E-state index is 13.6. The molecule has 6 rings (SSSR count). The first-order valence-corrected chi connectivity index (χ1v) is 14.1. The number of carbonyl (C=O) groups excluding carboxylic acids is 1. The fourth-order valence-corrected chi connectivity index (χ4v) is 6.30. The van der Waals surface area contributed by atoms with Crippen molar-refractivity contribution in [2.45, 2.75) is 30.9 Å². The van der Waals surface area contributed by atoms with Crippen LogP contribution in [0.1, 0.15) is 30.4 Å². The fourth-order valence-electron chi connectivity index (χ4n) is 6.30. The number of nitrogens with zero attached hydrogens (tertiary/aromatic N) is 4. The molecule has 0 atom stereocenters. The van der Waals surface area contributed by atoms with E-state index in [-0.39, 0.29) is 0 Å². The van der Waals surface area contributed by atoms with Crippen molar-refractivity contribution < 1.29 is 18.0 Å². The van der Waals surface area contributed by atoms with Crippen molar-refractivity contribution in [1.29, 1.82) is 0 Å². The molecule has 0 unspecified atom stereocenters. The largest absolute Gasteiger partial charge is 0.405 e. The van der Waals surface area contributed by atoms with Crippen molar-refractivity contribution in [1.82, 2.24) is 20.2 Å². The summed E-state index contributed by atoms with van der Waals surface area (Å²) in [5, 5.41) is 3.24. The monoisotopic (exact) mass is 559 g/mol.